The summed E-state index contributed by atoms with van der Waals surface area (Å²) in [4.78, 5) is 4.27. The first-order chi connectivity index (χ1) is 12.1. The molecule has 2 aliphatic heterocycles. The second-order valence-corrected chi connectivity index (χ2v) is 9.55. The molecular formula is C18H21N3O3S. The van der Waals surface area contributed by atoms with Gasteiger partial charge in [-0.2, -0.15) is 4.31 Å². The van der Waals surface area contributed by atoms with E-state index in [1.165, 1.54) is 9.87 Å². The Hall–Kier alpha value is -1.70. The van der Waals surface area contributed by atoms with Crippen molar-refractivity contribution >= 4 is 10.0 Å². The number of imidazole rings is 1. The average molecular weight is 359 g/mol. The number of β-amino-alcohol motifs (C(OH)–C–C–N with tert-alkyl or cyclic N) is 1. The van der Waals surface area contributed by atoms with Gasteiger partial charge in [0.15, 0.2) is 0 Å². The zero-order valence-electron chi connectivity index (χ0n) is 13.8. The molecule has 0 spiro atoms. The van der Waals surface area contributed by atoms with E-state index >= 15 is 0 Å². The molecule has 3 atom stereocenters. The molecule has 0 amide bonds. The predicted molar refractivity (Wildman–Crippen MR) is 93.4 cm³/mol. The van der Waals surface area contributed by atoms with Gasteiger partial charge in [0.05, 0.1) is 35.6 Å². The van der Waals surface area contributed by atoms with Gasteiger partial charge in [-0.25, -0.2) is 13.4 Å². The summed E-state index contributed by atoms with van der Waals surface area (Å²) in [6.45, 7) is 0.690. The summed E-state index contributed by atoms with van der Waals surface area (Å²) in [5.74, 6) is -0.0118. The van der Waals surface area contributed by atoms with Gasteiger partial charge in [-0.1, -0.05) is 24.3 Å². The number of aliphatic hydroxyl groups is 1. The number of benzene rings is 1. The normalized spacial score (nSPS) is 29.4. The molecule has 6 nitrogen and oxygen atoms in total. The zero-order chi connectivity index (χ0) is 17.2. The summed E-state index contributed by atoms with van der Waals surface area (Å²) in [6.07, 6.45) is 5.18. The lowest BCUT2D eigenvalue weighted by Gasteiger charge is -2.38. The van der Waals surface area contributed by atoms with E-state index in [1.54, 1.807) is 0 Å². The van der Waals surface area contributed by atoms with E-state index in [1.807, 2.05) is 24.7 Å². The largest absolute Gasteiger partial charge is 0.391 e. The highest BCUT2D eigenvalue weighted by Gasteiger charge is 2.46. The Morgan fingerprint density at radius 2 is 1.96 bits per heavy atom. The first-order valence-corrected chi connectivity index (χ1v) is 10.4. The fourth-order valence-corrected chi connectivity index (χ4v) is 6.28. The Kier molecular flexibility index (Phi) is 3.36. The monoisotopic (exact) mass is 359 g/mol. The molecule has 1 saturated carbocycles. The third-order valence-electron chi connectivity index (χ3n) is 5.83. The van der Waals surface area contributed by atoms with Gasteiger partial charge in [-0.05, 0) is 24.8 Å². The van der Waals surface area contributed by atoms with E-state index in [0.717, 1.165) is 24.1 Å². The van der Waals surface area contributed by atoms with Crippen LogP contribution >= 0.6 is 0 Å². The number of aliphatic hydroxyl groups excluding tert-OH is 1. The standard InChI is InChI=1S/C18H21N3O3S/c22-17-10-20(25(23,24)12-5-6-12)8-7-15(17)18-14-4-2-1-3-13(14)16-9-19-11-21(16)18/h1-4,9,11-12,15,17-18,22H,5-8,10H2/t15-,17-,18?/m1/s1. The number of piperidine rings is 1. The van der Waals surface area contributed by atoms with Gasteiger partial charge in [0.1, 0.15) is 0 Å². The maximum absolute atomic E-state index is 12.5. The van der Waals surface area contributed by atoms with Crippen LogP contribution in [0.15, 0.2) is 36.8 Å². The Labute approximate surface area is 147 Å². The third-order valence-corrected chi connectivity index (χ3v) is 8.19. The molecule has 1 saturated heterocycles. The van der Waals surface area contributed by atoms with Crippen LogP contribution in [0.25, 0.3) is 11.3 Å². The smallest absolute Gasteiger partial charge is 0.217 e. The Morgan fingerprint density at radius 3 is 2.72 bits per heavy atom. The van der Waals surface area contributed by atoms with Gasteiger partial charge in [0, 0.05) is 24.6 Å². The van der Waals surface area contributed by atoms with Gasteiger partial charge in [-0.15, -0.1) is 0 Å². The van der Waals surface area contributed by atoms with Crippen LogP contribution in [0.5, 0.6) is 0 Å². The molecule has 1 aromatic heterocycles. The molecule has 1 aromatic carbocycles. The van der Waals surface area contributed by atoms with Crippen LogP contribution in [0.3, 0.4) is 0 Å². The molecule has 1 aliphatic carbocycles. The lowest BCUT2D eigenvalue weighted by molar-refractivity contribution is 0.0342. The highest BCUT2D eigenvalue weighted by Crippen LogP contribution is 2.46. The van der Waals surface area contributed by atoms with E-state index in [9.17, 15) is 13.5 Å². The SMILES string of the molecule is O=S(=O)(C1CC1)N1CC[C@@H](C2c3ccccc3-c3cncn32)[C@H](O)C1. The Balaban J connectivity index is 1.45. The van der Waals surface area contributed by atoms with Crippen LogP contribution in [-0.2, 0) is 10.0 Å². The fraction of sp³-hybridized carbons (Fsp3) is 0.500. The molecule has 132 valence electrons. The number of rotatable bonds is 3. The minimum atomic E-state index is -3.22. The third kappa shape index (κ3) is 2.29. The minimum absolute atomic E-state index is 0.0118. The van der Waals surface area contributed by atoms with Crippen molar-refractivity contribution < 1.29 is 13.5 Å². The van der Waals surface area contributed by atoms with E-state index in [2.05, 4.69) is 21.7 Å². The van der Waals surface area contributed by atoms with Crippen molar-refractivity contribution in [1.82, 2.24) is 13.9 Å². The summed E-state index contributed by atoms with van der Waals surface area (Å²) < 4.78 is 28.6. The summed E-state index contributed by atoms with van der Waals surface area (Å²) in [6, 6.07) is 8.24. The van der Waals surface area contributed by atoms with Crippen molar-refractivity contribution in [2.24, 2.45) is 5.92 Å². The topological polar surface area (TPSA) is 75.4 Å². The summed E-state index contributed by atoms with van der Waals surface area (Å²) in [5.41, 5.74) is 3.42. The summed E-state index contributed by atoms with van der Waals surface area (Å²) in [5, 5.41) is 10.6. The number of aromatic nitrogens is 2. The molecule has 5 rings (SSSR count). The van der Waals surface area contributed by atoms with Gasteiger partial charge >= 0.3 is 0 Å². The van der Waals surface area contributed by atoms with Crippen LogP contribution in [0.4, 0.5) is 0 Å². The van der Waals surface area contributed by atoms with E-state index in [4.69, 9.17) is 0 Å². The second-order valence-electron chi connectivity index (χ2n) is 7.34. The van der Waals surface area contributed by atoms with E-state index < -0.39 is 16.1 Å². The van der Waals surface area contributed by atoms with Crippen molar-refractivity contribution in [3.63, 3.8) is 0 Å². The highest BCUT2D eigenvalue weighted by atomic mass is 32.2. The number of sulfonamides is 1. The molecule has 3 heterocycles. The van der Waals surface area contributed by atoms with Crippen molar-refractivity contribution in [2.75, 3.05) is 13.1 Å². The highest BCUT2D eigenvalue weighted by molar-refractivity contribution is 7.90. The minimum Gasteiger partial charge on any atom is -0.391 e. The van der Waals surface area contributed by atoms with E-state index in [-0.39, 0.29) is 23.8 Å². The quantitative estimate of drug-likeness (QED) is 0.904. The second kappa shape index (κ2) is 5.40. The van der Waals surface area contributed by atoms with Crippen LogP contribution in [0, 0.1) is 5.92 Å². The Morgan fingerprint density at radius 1 is 1.16 bits per heavy atom. The van der Waals surface area contributed by atoms with Crippen molar-refractivity contribution in [3.05, 3.63) is 42.4 Å². The van der Waals surface area contributed by atoms with Crippen molar-refractivity contribution in [2.45, 2.75) is 36.7 Å². The molecule has 1 N–H and O–H groups in total. The molecule has 0 radical (unpaired) electrons. The van der Waals surface area contributed by atoms with Crippen LogP contribution in [-0.4, -0.2) is 51.8 Å². The Bertz CT molecular complexity index is 919. The van der Waals surface area contributed by atoms with Crippen LogP contribution in [0.1, 0.15) is 30.9 Å². The van der Waals surface area contributed by atoms with Crippen LogP contribution < -0.4 is 0 Å². The molecule has 3 aliphatic rings. The number of nitrogens with zero attached hydrogens (tertiary/aromatic N) is 3. The number of hydrogen-bond acceptors (Lipinski definition) is 4. The first-order valence-electron chi connectivity index (χ1n) is 8.85. The summed E-state index contributed by atoms with van der Waals surface area (Å²) in [7, 11) is -3.22. The average Bonchev–Trinajstić information content (AvgIpc) is 3.29. The molecule has 7 heteroatoms. The fourth-order valence-electron chi connectivity index (χ4n) is 4.41. The molecule has 2 fully saturated rings. The van der Waals surface area contributed by atoms with Crippen molar-refractivity contribution in [3.8, 4) is 11.3 Å². The molecule has 25 heavy (non-hydrogen) atoms. The molecule has 0 bridgehead atoms. The zero-order valence-corrected chi connectivity index (χ0v) is 14.6. The lowest BCUT2D eigenvalue weighted by Crippen LogP contribution is -2.49. The van der Waals surface area contributed by atoms with Crippen molar-refractivity contribution in [1.29, 1.82) is 0 Å². The van der Waals surface area contributed by atoms with E-state index in [0.29, 0.717) is 13.0 Å². The molecule has 2 aromatic rings. The maximum Gasteiger partial charge on any atom is 0.217 e. The first kappa shape index (κ1) is 15.5. The molecule has 1 unspecified atom stereocenters. The maximum atomic E-state index is 12.5. The van der Waals surface area contributed by atoms with Gasteiger partial charge < -0.3 is 9.67 Å². The van der Waals surface area contributed by atoms with Gasteiger partial charge in [0.25, 0.3) is 0 Å². The van der Waals surface area contributed by atoms with Gasteiger partial charge in [0.2, 0.25) is 10.0 Å². The molecular weight excluding hydrogens is 338 g/mol. The predicted octanol–water partition coefficient (Wildman–Crippen LogP) is 1.63. The summed E-state index contributed by atoms with van der Waals surface area (Å²) >= 11 is 0. The lowest BCUT2D eigenvalue weighted by atomic mass is 9.84. The van der Waals surface area contributed by atoms with Gasteiger partial charge in [-0.3, -0.25) is 0 Å². The number of fused-ring (bicyclic) bond motifs is 3. The van der Waals surface area contributed by atoms with Crippen LogP contribution in [0.2, 0.25) is 0 Å². The number of hydrogen-bond donors (Lipinski definition) is 1.